The molecule has 0 aromatic heterocycles. The van der Waals surface area contributed by atoms with Gasteiger partial charge in [-0.05, 0) is 54.3 Å². The van der Waals surface area contributed by atoms with Crippen LogP contribution in [-0.4, -0.2) is 12.7 Å². The molecule has 0 aliphatic heterocycles. The van der Waals surface area contributed by atoms with E-state index >= 15 is 0 Å². The summed E-state index contributed by atoms with van der Waals surface area (Å²) < 4.78 is 25.5. The normalized spacial score (nSPS) is 17.7. The zero-order valence-corrected chi connectivity index (χ0v) is 15.7. The van der Waals surface area contributed by atoms with Gasteiger partial charge in [0.1, 0.15) is 17.7 Å². The van der Waals surface area contributed by atoms with E-state index in [9.17, 15) is 9.18 Å². The average molecular weight is 378 g/mol. The fourth-order valence-electron chi connectivity index (χ4n) is 3.54. The van der Waals surface area contributed by atoms with Gasteiger partial charge in [-0.1, -0.05) is 31.5 Å². The molecule has 0 unspecified atom stereocenters. The molecule has 1 aliphatic rings. The number of primary amides is 1. The number of halogens is 2. The van der Waals surface area contributed by atoms with E-state index in [-0.39, 0.29) is 5.41 Å². The summed E-state index contributed by atoms with van der Waals surface area (Å²) in [5, 5.41) is 0.430. The lowest BCUT2D eigenvalue weighted by Crippen LogP contribution is -2.25. The van der Waals surface area contributed by atoms with Gasteiger partial charge in [0.05, 0.1) is 11.6 Å². The fraction of sp³-hybridized carbons (Fsp3) is 0.350. The van der Waals surface area contributed by atoms with Gasteiger partial charge in [-0.15, -0.1) is 0 Å². The summed E-state index contributed by atoms with van der Waals surface area (Å²) in [5.41, 5.74) is 7.52. The Kier molecular flexibility index (Phi) is 4.84. The Morgan fingerprint density at radius 2 is 2.08 bits per heavy atom. The van der Waals surface area contributed by atoms with Crippen LogP contribution in [0.5, 0.6) is 5.75 Å². The third-order valence-electron chi connectivity index (χ3n) is 4.64. The van der Waals surface area contributed by atoms with Crippen molar-refractivity contribution < 1.29 is 18.7 Å². The van der Waals surface area contributed by atoms with E-state index in [1.165, 1.54) is 6.07 Å². The lowest BCUT2D eigenvalue weighted by Gasteiger charge is -2.26. The number of hydrogen-bond donors (Lipinski definition) is 1. The second-order valence-electron chi connectivity index (χ2n) is 7.09. The number of carbonyl (C=O) groups excluding carboxylic acids is 1. The first-order valence-electron chi connectivity index (χ1n) is 8.44. The smallest absolute Gasteiger partial charge is 0.405 e. The number of ether oxygens (including phenoxy) is 2. The van der Waals surface area contributed by atoms with Crippen molar-refractivity contribution in [3.05, 3.63) is 52.3 Å². The van der Waals surface area contributed by atoms with Gasteiger partial charge in [0.2, 0.25) is 0 Å². The lowest BCUT2D eigenvalue weighted by atomic mass is 9.87. The molecular weight excluding hydrogens is 357 g/mol. The predicted molar refractivity (Wildman–Crippen MR) is 98.9 cm³/mol. The van der Waals surface area contributed by atoms with Gasteiger partial charge in [-0.25, -0.2) is 9.18 Å². The van der Waals surface area contributed by atoms with Crippen LogP contribution in [0.25, 0.3) is 11.1 Å². The van der Waals surface area contributed by atoms with Crippen molar-refractivity contribution in [3.63, 3.8) is 0 Å². The molecule has 0 bridgehead atoms. The van der Waals surface area contributed by atoms with Crippen molar-refractivity contribution in [2.45, 2.75) is 33.3 Å². The van der Waals surface area contributed by atoms with Gasteiger partial charge in [0.25, 0.3) is 0 Å². The molecule has 2 aromatic carbocycles. The van der Waals surface area contributed by atoms with Crippen molar-refractivity contribution in [2.75, 3.05) is 6.61 Å². The summed E-state index contributed by atoms with van der Waals surface area (Å²) in [6, 6.07) is 8.42. The van der Waals surface area contributed by atoms with Crippen LogP contribution in [0.1, 0.15) is 38.0 Å². The van der Waals surface area contributed by atoms with Gasteiger partial charge in [-0.2, -0.15) is 0 Å². The molecule has 0 radical (unpaired) electrons. The Labute approximate surface area is 157 Å². The van der Waals surface area contributed by atoms with Gasteiger partial charge in [-0.3, -0.25) is 0 Å². The number of fused-ring (bicyclic) bond motifs is 1. The molecule has 0 heterocycles. The summed E-state index contributed by atoms with van der Waals surface area (Å²) >= 11 is 6.23. The van der Waals surface area contributed by atoms with E-state index in [0.29, 0.717) is 40.5 Å². The average Bonchev–Trinajstić information content (AvgIpc) is 2.78. The zero-order valence-electron chi connectivity index (χ0n) is 14.9. The largest absolute Gasteiger partial charge is 0.492 e. The van der Waals surface area contributed by atoms with Gasteiger partial charge in [0, 0.05) is 11.0 Å². The van der Waals surface area contributed by atoms with Crippen molar-refractivity contribution in [3.8, 4) is 16.9 Å². The number of carbonyl (C=O) groups is 1. The minimum absolute atomic E-state index is 0.362. The van der Waals surface area contributed by atoms with Crippen molar-refractivity contribution >= 4 is 17.7 Å². The van der Waals surface area contributed by atoms with Crippen molar-refractivity contribution in [2.24, 2.45) is 11.1 Å². The molecule has 3 rings (SSSR count). The van der Waals surface area contributed by atoms with E-state index < -0.39 is 18.0 Å². The number of benzene rings is 2. The van der Waals surface area contributed by atoms with Crippen LogP contribution in [0.3, 0.4) is 0 Å². The van der Waals surface area contributed by atoms with E-state index in [2.05, 4.69) is 0 Å². The third-order valence-corrected chi connectivity index (χ3v) is 4.94. The molecule has 6 heteroatoms. The molecule has 1 atom stereocenters. The summed E-state index contributed by atoms with van der Waals surface area (Å²) in [4.78, 5) is 11.2. The maximum Gasteiger partial charge on any atom is 0.405 e. The predicted octanol–water partition coefficient (Wildman–Crippen LogP) is 5.26. The third kappa shape index (κ3) is 3.36. The van der Waals surface area contributed by atoms with E-state index in [0.717, 1.165) is 5.56 Å². The summed E-state index contributed by atoms with van der Waals surface area (Å²) in [5.74, 6) is 0.162. The highest BCUT2D eigenvalue weighted by atomic mass is 35.5. The molecule has 138 valence electrons. The Hall–Kier alpha value is -2.27. The molecular formula is C20H21ClFNO3. The van der Waals surface area contributed by atoms with Gasteiger partial charge < -0.3 is 15.2 Å². The second-order valence-corrected chi connectivity index (χ2v) is 7.50. The molecule has 1 amide bonds. The van der Waals surface area contributed by atoms with E-state index in [1.54, 1.807) is 24.3 Å². The molecule has 0 spiro atoms. The minimum Gasteiger partial charge on any atom is -0.492 e. The first-order valence-corrected chi connectivity index (χ1v) is 8.82. The van der Waals surface area contributed by atoms with Crippen LogP contribution in [0.2, 0.25) is 5.02 Å². The van der Waals surface area contributed by atoms with E-state index in [4.69, 9.17) is 26.8 Å². The summed E-state index contributed by atoms with van der Waals surface area (Å²) in [6.45, 7) is 6.30. The molecule has 0 fully saturated rings. The van der Waals surface area contributed by atoms with Gasteiger partial charge in [0.15, 0.2) is 0 Å². The number of amides is 1. The molecule has 2 N–H and O–H groups in total. The Morgan fingerprint density at radius 3 is 2.69 bits per heavy atom. The Morgan fingerprint density at radius 1 is 1.35 bits per heavy atom. The fourth-order valence-corrected chi connectivity index (χ4v) is 3.77. The van der Waals surface area contributed by atoms with Crippen LogP contribution >= 0.6 is 11.6 Å². The molecule has 2 aromatic rings. The number of rotatable bonds is 4. The number of hydrogen-bond acceptors (Lipinski definition) is 3. The van der Waals surface area contributed by atoms with Crippen LogP contribution in [-0.2, 0) is 11.2 Å². The van der Waals surface area contributed by atoms with Crippen LogP contribution < -0.4 is 10.5 Å². The SMILES string of the molecule is CCOc1ccc(-c2cc3c(cc2F)[C@H](OC(N)=O)C(C)(C)C3)cc1Cl. The quantitative estimate of drug-likeness (QED) is 0.790. The lowest BCUT2D eigenvalue weighted by molar-refractivity contribution is 0.0391. The topological polar surface area (TPSA) is 61.6 Å². The minimum atomic E-state index is -0.862. The van der Waals surface area contributed by atoms with Gasteiger partial charge >= 0.3 is 6.09 Å². The van der Waals surface area contributed by atoms with Crippen molar-refractivity contribution in [1.82, 2.24) is 0 Å². The Balaban J connectivity index is 2.03. The van der Waals surface area contributed by atoms with Crippen molar-refractivity contribution in [1.29, 1.82) is 0 Å². The number of nitrogens with two attached hydrogens (primary N) is 1. The second kappa shape index (κ2) is 6.80. The summed E-state index contributed by atoms with van der Waals surface area (Å²) in [7, 11) is 0. The highest BCUT2D eigenvalue weighted by molar-refractivity contribution is 6.32. The van der Waals surface area contributed by atoms with Crippen LogP contribution in [0.15, 0.2) is 30.3 Å². The zero-order chi connectivity index (χ0) is 19.1. The Bertz CT molecular complexity index is 866. The molecule has 26 heavy (non-hydrogen) atoms. The first kappa shape index (κ1) is 18.5. The van der Waals surface area contributed by atoms with Crippen LogP contribution in [0.4, 0.5) is 9.18 Å². The first-order chi connectivity index (χ1) is 12.2. The maximum absolute atomic E-state index is 14.8. The highest BCUT2D eigenvalue weighted by Gasteiger charge is 2.42. The molecule has 0 saturated heterocycles. The van der Waals surface area contributed by atoms with E-state index in [1.807, 2.05) is 20.8 Å². The molecule has 4 nitrogen and oxygen atoms in total. The molecule has 0 saturated carbocycles. The maximum atomic E-state index is 14.8. The summed E-state index contributed by atoms with van der Waals surface area (Å²) in [6.07, 6.45) is -0.778. The standard InChI is InChI=1S/C20H21ClFNO3/c1-4-25-17-6-5-11(8-15(17)21)13-7-12-10-20(2,3)18(26-19(23)24)14(12)9-16(13)22/h5-9,18H,4,10H2,1-3H3,(H2,23,24)/t18-/m0/s1. The highest BCUT2D eigenvalue weighted by Crippen LogP contribution is 2.49. The molecule has 1 aliphatic carbocycles. The van der Waals surface area contributed by atoms with Crippen LogP contribution in [0, 0.1) is 11.2 Å². The monoisotopic (exact) mass is 377 g/mol.